The van der Waals surface area contributed by atoms with Crippen molar-refractivity contribution in [1.29, 1.82) is 0 Å². The molecule has 0 saturated carbocycles. The second kappa shape index (κ2) is 6.63. The number of methoxy groups -OCH3 is 1. The number of halogens is 1. The molecule has 0 aromatic heterocycles. The summed E-state index contributed by atoms with van der Waals surface area (Å²) in [4.78, 5) is 14.1. The molecule has 0 spiro atoms. The van der Waals surface area contributed by atoms with Gasteiger partial charge in [-0.05, 0) is 23.8 Å². The van der Waals surface area contributed by atoms with Gasteiger partial charge in [0.1, 0.15) is 5.75 Å². The number of amides is 1. The lowest BCUT2D eigenvalue weighted by Crippen LogP contribution is -2.26. The zero-order valence-electron chi connectivity index (χ0n) is 12.0. The number of rotatable bonds is 4. The first-order chi connectivity index (χ1) is 10.0. The number of nitrogen functional groups attached to an aromatic ring is 1. The fourth-order valence-corrected chi connectivity index (χ4v) is 2.45. The topological polar surface area (TPSA) is 55.6 Å². The molecule has 0 heterocycles. The first-order valence-corrected chi connectivity index (χ1v) is 7.24. The van der Waals surface area contributed by atoms with Crippen molar-refractivity contribution < 1.29 is 9.53 Å². The van der Waals surface area contributed by atoms with Crippen LogP contribution in [0.1, 0.15) is 15.9 Å². The van der Waals surface area contributed by atoms with Gasteiger partial charge in [0, 0.05) is 35.4 Å². The third-order valence-corrected chi connectivity index (χ3v) is 3.90. The van der Waals surface area contributed by atoms with E-state index in [-0.39, 0.29) is 5.91 Å². The van der Waals surface area contributed by atoms with Gasteiger partial charge in [0.2, 0.25) is 0 Å². The van der Waals surface area contributed by atoms with Crippen LogP contribution in [0, 0.1) is 0 Å². The summed E-state index contributed by atoms with van der Waals surface area (Å²) in [5, 5.41) is 0. The maximum absolute atomic E-state index is 12.5. The Morgan fingerprint density at radius 1 is 1.29 bits per heavy atom. The van der Waals surface area contributed by atoms with Gasteiger partial charge in [0.05, 0.1) is 7.11 Å². The Morgan fingerprint density at radius 2 is 2.00 bits per heavy atom. The van der Waals surface area contributed by atoms with Crippen LogP contribution in [-0.2, 0) is 6.54 Å². The van der Waals surface area contributed by atoms with Gasteiger partial charge in [-0.25, -0.2) is 0 Å². The van der Waals surface area contributed by atoms with Crippen molar-refractivity contribution in [2.24, 2.45) is 0 Å². The van der Waals surface area contributed by atoms with E-state index in [1.54, 1.807) is 37.3 Å². The number of hydrogen-bond donors (Lipinski definition) is 1. The van der Waals surface area contributed by atoms with Gasteiger partial charge in [-0.15, -0.1) is 0 Å². The molecule has 0 aliphatic rings. The Kier molecular flexibility index (Phi) is 4.85. The minimum absolute atomic E-state index is 0.101. The van der Waals surface area contributed by atoms with Gasteiger partial charge in [-0.3, -0.25) is 4.79 Å². The summed E-state index contributed by atoms with van der Waals surface area (Å²) in [6.07, 6.45) is 0. The molecule has 0 bridgehead atoms. The molecule has 2 aromatic rings. The highest BCUT2D eigenvalue weighted by atomic mass is 79.9. The normalized spacial score (nSPS) is 10.2. The van der Waals surface area contributed by atoms with Gasteiger partial charge < -0.3 is 15.4 Å². The smallest absolute Gasteiger partial charge is 0.254 e. The van der Waals surface area contributed by atoms with E-state index >= 15 is 0 Å². The van der Waals surface area contributed by atoms with Crippen LogP contribution in [0.5, 0.6) is 5.75 Å². The van der Waals surface area contributed by atoms with Crippen LogP contribution >= 0.6 is 15.9 Å². The van der Waals surface area contributed by atoms with E-state index < -0.39 is 0 Å². The Labute approximate surface area is 132 Å². The summed E-state index contributed by atoms with van der Waals surface area (Å²) in [6.45, 7) is 0.511. The molecule has 0 atom stereocenters. The molecule has 2 rings (SSSR count). The van der Waals surface area contributed by atoms with Gasteiger partial charge in [-0.1, -0.05) is 34.1 Å². The molecule has 0 radical (unpaired) electrons. The quantitative estimate of drug-likeness (QED) is 0.862. The second-order valence-electron chi connectivity index (χ2n) is 4.75. The molecule has 2 aromatic carbocycles. The summed E-state index contributed by atoms with van der Waals surface area (Å²) in [5.41, 5.74) is 7.86. The van der Waals surface area contributed by atoms with Gasteiger partial charge in [0.15, 0.2) is 0 Å². The maximum Gasteiger partial charge on any atom is 0.254 e. The predicted octanol–water partition coefficient (Wildman–Crippen LogP) is 3.31. The summed E-state index contributed by atoms with van der Waals surface area (Å²) < 4.78 is 6.13. The lowest BCUT2D eigenvalue weighted by molar-refractivity contribution is 0.0784. The number of anilines is 1. The molecular weight excluding hydrogens is 332 g/mol. The van der Waals surface area contributed by atoms with E-state index in [9.17, 15) is 4.79 Å². The zero-order chi connectivity index (χ0) is 15.4. The third kappa shape index (κ3) is 3.76. The Hall–Kier alpha value is -2.01. The van der Waals surface area contributed by atoms with Crippen molar-refractivity contribution in [3.8, 4) is 5.75 Å². The average molecular weight is 349 g/mol. The SMILES string of the molecule is COc1cc(N)cc(C(=O)N(C)Cc2ccccc2Br)c1. The predicted molar refractivity (Wildman–Crippen MR) is 87.3 cm³/mol. The van der Waals surface area contributed by atoms with Crippen molar-refractivity contribution in [3.63, 3.8) is 0 Å². The van der Waals surface area contributed by atoms with Crippen LogP contribution in [0.2, 0.25) is 0 Å². The molecule has 110 valence electrons. The first-order valence-electron chi connectivity index (χ1n) is 6.44. The molecule has 2 N–H and O–H groups in total. The number of carbonyl (C=O) groups is 1. The monoisotopic (exact) mass is 348 g/mol. The van der Waals surface area contributed by atoms with Crippen molar-refractivity contribution in [3.05, 3.63) is 58.1 Å². The average Bonchev–Trinajstić information content (AvgIpc) is 2.48. The maximum atomic E-state index is 12.5. The van der Waals surface area contributed by atoms with E-state index in [1.165, 1.54) is 0 Å². The highest BCUT2D eigenvalue weighted by Gasteiger charge is 2.14. The summed E-state index contributed by atoms with van der Waals surface area (Å²) in [7, 11) is 3.31. The molecule has 0 saturated heterocycles. The molecule has 0 fully saturated rings. The van der Waals surface area contributed by atoms with Gasteiger partial charge in [0.25, 0.3) is 5.91 Å². The lowest BCUT2D eigenvalue weighted by atomic mass is 10.1. The fraction of sp³-hybridized carbons (Fsp3) is 0.188. The van der Waals surface area contributed by atoms with Gasteiger partial charge >= 0.3 is 0 Å². The summed E-state index contributed by atoms with van der Waals surface area (Å²) in [6, 6.07) is 12.9. The molecule has 21 heavy (non-hydrogen) atoms. The van der Waals surface area contributed by atoms with E-state index in [0.717, 1.165) is 10.0 Å². The molecule has 0 aliphatic heterocycles. The van der Waals surface area contributed by atoms with Crippen LogP contribution in [0.3, 0.4) is 0 Å². The minimum Gasteiger partial charge on any atom is -0.497 e. The minimum atomic E-state index is -0.101. The van der Waals surface area contributed by atoms with E-state index in [2.05, 4.69) is 15.9 Å². The Morgan fingerprint density at radius 3 is 2.67 bits per heavy atom. The Bertz CT molecular complexity index is 658. The van der Waals surface area contributed by atoms with Crippen LogP contribution in [0.4, 0.5) is 5.69 Å². The van der Waals surface area contributed by atoms with Crippen molar-refractivity contribution in [2.75, 3.05) is 19.9 Å². The van der Waals surface area contributed by atoms with Crippen LogP contribution in [-0.4, -0.2) is 25.0 Å². The summed E-state index contributed by atoms with van der Waals surface area (Å²) >= 11 is 3.49. The number of benzene rings is 2. The molecule has 5 heteroatoms. The van der Waals surface area contributed by atoms with Crippen LogP contribution in [0.25, 0.3) is 0 Å². The fourth-order valence-electron chi connectivity index (χ4n) is 2.04. The van der Waals surface area contributed by atoms with Crippen molar-refractivity contribution in [1.82, 2.24) is 4.90 Å². The van der Waals surface area contributed by atoms with Crippen molar-refractivity contribution >= 4 is 27.5 Å². The third-order valence-electron chi connectivity index (χ3n) is 3.12. The van der Waals surface area contributed by atoms with Crippen LogP contribution in [0.15, 0.2) is 46.9 Å². The Balaban J connectivity index is 2.20. The van der Waals surface area contributed by atoms with E-state index in [1.807, 2.05) is 24.3 Å². The number of nitrogens with zero attached hydrogens (tertiary/aromatic N) is 1. The molecule has 1 amide bonds. The first kappa shape index (κ1) is 15.4. The second-order valence-corrected chi connectivity index (χ2v) is 5.60. The lowest BCUT2D eigenvalue weighted by Gasteiger charge is -2.18. The summed E-state index contributed by atoms with van der Waals surface area (Å²) in [5.74, 6) is 0.476. The van der Waals surface area contributed by atoms with Crippen molar-refractivity contribution in [2.45, 2.75) is 6.54 Å². The highest BCUT2D eigenvalue weighted by Crippen LogP contribution is 2.21. The highest BCUT2D eigenvalue weighted by molar-refractivity contribution is 9.10. The largest absolute Gasteiger partial charge is 0.497 e. The molecular formula is C16H17BrN2O2. The van der Waals surface area contributed by atoms with Gasteiger partial charge in [-0.2, -0.15) is 0 Å². The van der Waals surface area contributed by atoms with E-state index in [4.69, 9.17) is 10.5 Å². The van der Waals surface area contributed by atoms with Crippen LogP contribution < -0.4 is 10.5 Å². The standard InChI is InChI=1S/C16H17BrN2O2/c1-19(10-11-5-3-4-6-15(11)17)16(20)12-7-13(18)9-14(8-12)21-2/h3-9H,10,18H2,1-2H3. The van der Waals surface area contributed by atoms with E-state index in [0.29, 0.717) is 23.5 Å². The zero-order valence-corrected chi connectivity index (χ0v) is 13.6. The molecule has 0 unspecified atom stereocenters. The number of nitrogens with two attached hydrogens (primary N) is 1. The number of carbonyl (C=O) groups excluding carboxylic acids is 1. The molecule has 4 nitrogen and oxygen atoms in total. The molecule has 0 aliphatic carbocycles. The number of hydrogen-bond acceptors (Lipinski definition) is 3. The number of ether oxygens (including phenoxy) is 1.